The van der Waals surface area contributed by atoms with Crippen molar-refractivity contribution in [3.63, 3.8) is 0 Å². The predicted octanol–water partition coefficient (Wildman–Crippen LogP) is 3.74. The van der Waals surface area contributed by atoms with E-state index >= 15 is 0 Å². The highest BCUT2D eigenvalue weighted by Gasteiger charge is 2.48. The second-order valence-corrected chi connectivity index (χ2v) is 5.76. The molecule has 0 aromatic carbocycles. The lowest BCUT2D eigenvalue weighted by molar-refractivity contribution is 0.0936. The molecule has 0 aromatic heterocycles. The normalized spacial score (nSPS) is 26.0. The third-order valence-corrected chi connectivity index (χ3v) is 4.67. The molecule has 1 atom stereocenters. The average Bonchev–Trinajstić information content (AvgIpc) is 2.98. The first-order chi connectivity index (χ1) is 7.30. The highest BCUT2D eigenvalue weighted by atomic mass is 14.9. The number of hydrogen-bond donors (Lipinski definition) is 1. The molecule has 1 heteroatoms. The van der Waals surface area contributed by atoms with Crippen molar-refractivity contribution >= 4 is 0 Å². The fourth-order valence-corrected chi connectivity index (χ4v) is 3.20. The Morgan fingerprint density at radius 3 is 2.40 bits per heavy atom. The summed E-state index contributed by atoms with van der Waals surface area (Å²) in [5.41, 5.74) is 0.751. The Labute approximate surface area is 95.0 Å². The minimum absolute atomic E-state index is 0.751. The first kappa shape index (κ1) is 11.4. The zero-order valence-corrected chi connectivity index (χ0v) is 10.5. The summed E-state index contributed by atoms with van der Waals surface area (Å²) >= 11 is 0. The van der Waals surface area contributed by atoms with Gasteiger partial charge in [0, 0.05) is 12.6 Å². The lowest BCUT2D eigenvalue weighted by atomic mass is 9.65. The minimum Gasteiger partial charge on any atom is -0.313 e. The van der Waals surface area contributed by atoms with E-state index in [4.69, 9.17) is 0 Å². The third kappa shape index (κ3) is 2.55. The Morgan fingerprint density at radius 1 is 1.27 bits per heavy atom. The van der Waals surface area contributed by atoms with Crippen molar-refractivity contribution in [2.45, 2.75) is 71.3 Å². The van der Waals surface area contributed by atoms with Crippen molar-refractivity contribution in [3.05, 3.63) is 0 Å². The summed E-state index contributed by atoms with van der Waals surface area (Å²) < 4.78 is 0. The van der Waals surface area contributed by atoms with Gasteiger partial charge in [-0.15, -0.1) is 0 Å². The summed E-state index contributed by atoms with van der Waals surface area (Å²) in [7, 11) is 0. The molecule has 1 N–H and O–H groups in total. The van der Waals surface area contributed by atoms with Crippen LogP contribution in [0, 0.1) is 11.3 Å². The van der Waals surface area contributed by atoms with Crippen LogP contribution in [0.2, 0.25) is 0 Å². The van der Waals surface area contributed by atoms with Crippen molar-refractivity contribution < 1.29 is 0 Å². The fourth-order valence-electron chi connectivity index (χ4n) is 3.20. The summed E-state index contributed by atoms with van der Waals surface area (Å²) in [6, 6.07) is 0.784. The molecule has 0 radical (unpaired) electrons. The highest BCUT2D eigenvalue weighted by molar-refractivity contribution is 5.00. The molecule has 0 bridgehead atoms. The molecule has 2 rings (SSSR count). The van der Waals surface area contributed by atoms with Gasteiger partial charge in [0.25, 0.3) is 0 Å². The lowest BCUT2D eigenvalue weighted by Crippen LogP contribution is -2.45. The molecule has 2 aliphatic carbocycles. The van der Waals surface area contributed by atoms with Gasteiger partial charge in [-0.3, -0.25) is 0 Å². The predicted molar refractivity (Wildman–Crippen MR) is 66.0 cm³/mol. The quantitative estimate of drug-likeness (QED) is 0.673. The third-order valence-electron chi connectivity index (χ3n) is 4.67. The van der Waals surface area contributed by atoms with E-state index in [0.29, 0.717) is 0 Å². The molecular weight excluding hydrogens is 182 g/mol. The first-order valence-electron chi connectivity index (χ1n) is 7.04. The molecule has 2 aliphatic rings. The van der Waals surface area contributed by atoms with Crippen LogP contribution < -0.4 is 5.32 Å². The van der Waals surface area contributed by atoms with Crippen molar-refractivity contribution in [2.24, 2.45) is 11.3 Å². The summed E-state index contributed by atoms with van der Waals surface area (Å²) in [5.74, 6) is 1.10. The summed E-state index contributed by atoms with van der Waals surface area (Å²) in [4.78, 5) is 0. The SMILES string of the molecule is CCCC(CC)NCC1(C2CC2)CCC1. The molecule has 0 spiro atoms. The Hall–Kier alpha value is -0.0400. The zero-order valence-electron chi connectivity index (χ0n) is 10.5. The fraction of sp³-hybridized carbons (Fsp3) is 1.00. The van der Waals surface area contributed by atoms with Crippen LogP contribution >= 0.6 is 0 Å². The lowest BCUT2D eigenvalue weighted by Gasteiger charge is -2.43. The van der Waals surface area contributed by atoms with Crippen LogP contribution in [0.5, 0.6) is 0 Å². The smallest absolute Gasteiger partial charge is 0.00645 e. The molecule has 1 nitrogen and oxygen atoms in total. The summed E-state index contributed by atoms with van der Waals surface area (Å²) in [5, 5.41) is 3.83. The van der Waals surface area contributed by atoms with Gasteiger partial charge in [-0.25, -0.2) is 0 Å². The van der Waals surface area contributed by atoms with Crippen LogP contribution in [-0.2, 0) is 0 Å². The molecule has 0 heterocycles. The summed E-state index contributed by atoms with van der Waals surface area (Å²) in [6.45, 7) is 5.93. The maximum Gasteiger partial charge on any atom is 0.00645 e. The molecule has 0 aromatic rings. The van der Waals surface area contributed by atoms with Gasteiger partial charge in [0.05, 0.1) is 0 Å². The monoisotopic (exact) mass is 209 g/mol. The maximum atomic E-state index is 3.83. The second kappa shape index (κ2) is 4.86. The standard InChI is InChI=1S/C14H27N/c1-3-6-13(4-2)15-11-14(9-5-10-14)12-7-8-12/h12-13,15H,3-11H2,1-2H3. The largest absolute Gasteiger partial charge is 0.313 e. The number of nitrogens with one attached hydrogen (secondary N) is 1. The van der Waals surface area contributed by atoms with Crippen LogP contribution in [0.1, 0.15) is 65.2 Å². The van der Waals surface area contributed by atoms with E-state index in [1.165, 1.54) is 57.9 Å². The van der Waals surface area contributed by atoms with Crippen LogP contribution in [0.25, 0.3) is 0 Å². The van der Waals surface area contributed by atoms with Crippen molar-refractivity contribution in [1.29, 1.82) is 0 Å². The van der Waals surface area contributed by atoms with E-state index in [1.807, 2.05) is 0 Å². The van der Waals surface area contributed by atoms with E-state index in [9.17, 15) is 0 Å². The van der Waals surface area contributed by atoms with Gasteiger partial charge in [0.2, 0.25) is 0 Å². The Bertz CT molecular complexity index is 192. The minimum atomic E-state index is 0.751. The number of rotatable bonds is 7. The van der Waals surface area contributed by atoms with E-state index in [2.05, 4.69) is 19.2 Å². The van der Waals surface area contributed by atoms with E-state index in [-0.39, 0.29) is 0 Å². The molecule has 88 valence electrons. The highest BCUT2D eigenvalue weighted by Crippen LogP contribution is 2.56. The van der Waals surface area contributed by atoms with Crippen molar-refractivity contribution in [2.75, 3.05) is 6.54 Å². The Balaban J connectivity index is 1.75. The molecular formula is C14H27N. The van der Waals surface area contributed by atoms with Crippen LogP contribution in [0.15, 0.2) is 0 Å². The Morgan fingerprint density at radius 2 is 2.00 bits per heavy atom. The van der Waals surface area contributed by atoms with Gasteiger partial charge in [0.1, 0.15) is 0 Å². The topological polar surface area (TPSA) is 12.0 Å². The van der Waals surface area contributed by atoms with E-state index < -0.39 is 0 Å². The molecule has 2 saturated carbocycles. The average molecular weight is 209 g/mol. The van der Waals surface area contributed by atoms with Gasteiger partial charge in [-0.1, -0.05) is 26.7 Å². The zero-order chi connectivity index (χ0) is 10.7. The number of hydrogen-bond acceptors (Lipinski definition) is 1. The molecule has 0 aliphatic heterocycles. The molecule has 0 saturated heterocycles. The Kier molecular flexibility index (Phi) is 3.71. The molecule has 1 unspecified atom stereocenters. The molecule has 15 heavy (non-hydrogen) atoms. The van der Waals surface area contributed by atoms with Gasteiger partial charge >= 0.3 is 0 Å². The molecule has 2 fully saturated rings. The van der Waals surface area contributed by atoms with E-state index in [0.717, 1.165) is 17.4 Å². The van der Waals surface area contributed by atoms with Crippen LogP contribution in [0.4, 0.5) is 0 Å². The van der Waals surface area contributed by atoms with Crippen LogP contribution in [0.3, 0.4) is 0 Å². The van der Waals surface area contributed by atoms with Crippen LogP contribution in [-0.4, -0.2) is 12.6 Å². The van der Waals surface area contributed by atoms with Gasteiger partial charge < -0.3 is 5.32 Å². The van der Waals surface area contributed by atoms with Gasteiger partial charge in [0.15, 0.2) is 0 Å². The van der Waals surface area contributed by atoms with E-state index in [1.54, 1.807) is 0 Å². The van der Waals surface area contributed by atoms with Gasteiger partial charge in [-0.05, 0) is 49.9 Å². The summed E-state index contributed by atoms with van der Waals surface area (Å²) in [6.07, 6.45) is 11.5. The maximum absolute atomic E-state index is 3.83. The molecule has 0 amide bonds. The first-order valence-corrected chi connectivity index (χ1v) is 7.04. The second-order valence-electron chi connectivity index (χ2n) is 5.76. The van der Waals surface area contributed by atoms with Crippen molar-refractivity contribution in [1.82, 2.24) is 5.32 Å². The van der Waals surface area contributed by atoms with Crippen molar-refractivity contribution in [3.8, 4) is 0 Å². The van der Waals surface area contributed by atoms with Gasteiger partial charge in [-0.2, -0.15) is 0 Å².